The maximum Gasteiger partial charge on any atom is 0.237 e. The van der Waals surface area contributed by atoms with Crippen LogP contribution in [0.5, 0.6) is 0 Å². The number of ketones is 1. The van der Waals surface area contributed by atoms with Crippen LogP contribution in [-0.2, 0) is 11.2 Å². The van der Waals surface area contributed by atoms with Gasteiger partial charge in [0.25, 0.3) is 0 Å². The van der Waals surface area contributed by atoms with Gasteiger partial charge >= 0.3 is 0 Å². The molecule has 138 valence electrons. The Morgan fingerprint density at radius 2 is 2.07 bits per heavy atom. The SMILES string of the molecule is CC1(C)CC(=O)c2cnc(NC(=O)CSc3nc4ccccc4[nH]3)nc2C1. The van der Waals surface area contributed by atoms with Gasteiger partial charge in [-0.15, -0.1) is 0 Å². The third-order valence-electron chi connectivity index (χ3n) is 4.41. The molecule has 1 aromatic carbocycles. The molecule has 1 aliphatic rings. The molecular formula is C19H19N5O2S. The Labute approximate surface area is 160 Å². The predicted molar refractivity (Wildman–Crippen MR) is 104 cm³/mol. The van der Waals surface area contributed by atoms with Crippen molar-refractivity contribution in [1.82, 2.24) is 19.9 Å². The van der Waals surface area contributed by atoms with Gasteiger partial charge in [0.15, 0.2) is 10.9 Å². The number of carbonyl (C=O) groups is 2. The summed E-state index contributed by atoms with van der Waals surface area (Å²) in [5.41, 5.74) is 2.93. The maximum atomic E-state index is 12.2. The molecule has 0 atom stereocenters. The number of H-pyrrole nitrogens is 1. The fourth-order valence-corrected chi connectivity index (χ4v) is 3.87. The number of hydrogen-bond donors (Lipinski definition) is 2. The molecule has 0 spiro atoms. The van der Waals surface area contributed by atoms with Gasteiger partial charge in [0.2, 0.25) is 11.9 Å². The van der Waals surface area contributed by atoms with E-state index < -0.39 is 0 Å². The highest BCUT2D eigenvalue weighted by Crippen LogP contribution is 2.33. The van der Waals surface area contributed by atoms with Crippen molar-refractivity contribution in [3.05, 3.63) is 41.7 Å². The number of amides is 1. The molecule has 0 radical (unpaired) electrons. The first-order valence-electron chi connectivity index (χ1n) is 8.66. The molecule has 2 N–H and O–H groups in total. The first-order chi connectivity index (χ1) is 12.9. The average molecular weight is 381 g/mol. The third-order valence-corrected chi connectivity index (χ3v) is 5.29. The lowest BCUT2D eigenvalue weighted by Crippen LogP contribution is -2.28. The molecule has 0 saturated carbocycles. The van der Waals surface area contributed by atoms with Crippen molar-refractivity contribution in [2.75, 3.05) is 11.1 Å². The van der Waals surface area contributed by atoms with Crippen LogP contribution in [0.2, 0.25) is 0 Å². The van der Waals surface area contributed by atoms with E-state index in [0.29, 0.717) is 29.3 Å². The second kappa shape index (κ2) is 6.77. The number of anilines is 1. The predicted octanol–water partition coefficient (Wildman–Crippen LogP) is 3.24. The van der Waals surface area contributed by atoms with Crippen molar-refractivity contribution in [2.24, 2.45) is 5.41 Å². The van der Waals surface area contributed by atoms with E-state index >= 15 is 0 Å². The Kier molecular flexibility index (Phi) is 4.43. The minimum Gasteiger partial charge on any atom is -0.333 e. The molecule has 0 saturated heterocycles. The fourth-order valence-electron chi connectivity index (χ4n) is 3.18. The van der Waals surface area contributed by atoms with Crippen LogP contribution in [0.3, 0.4) is 0 Å². The number of benzene rings is 1. The summed E-state index contributed by atoms with van der Waals surface area (Å²) in [5.74, 6) is 0.251. The van der Waals surface area contributed by atoms with Crippen molar-refractivity contribution >= 4 is 40.4 Å². The zero-order valence-corrected chi connectivity index (χ0v) is 15.9. The molecule has 7 nitrogen and oxygen atoms in total. The molecule has 3 aromatic rings. The van der Waals surface area contributed by atoms with Crippen LogP contribution in [-0.4, -0.2) is 37.4 Å². The average Bonchev–Trinajstić information content (AvgIpc) is 3.01. The largest absolute Gasteiger partial charge is 0.333 e. The number of rotatable bonds is 4. The fraction of sp³-hybridized carbons (Fsp3) is 0.316. The number of Topliss-reactive ketones (excluding diaryl/α,β-unsaturated/α-hetero) is 1. The monoisotopic (exact) mass is 381 g/mol. The summed E-state index contributed by atoms with van der Waals surface area (Å²) in [5, 5.41) is 3.39. The Balaban J connectivity index is 1.41. The lowest BCUT2D eigenvalue weighted by Gasteiger charge is -2.29. The molecule has 1 amide bonds. The van der Waals surface area contributed by atoms with E-state index in [-0.39, 0.29) is 28.8 Å². The summed E-state index contributed by atoms with van der Waals surface area (Å²) in [4.78, 5) is 40.5. The van der Waals surface area contributed by atoms with E-state index in [2.05, 4.69) is 25.3 Å². The third kappa shape index (κ3) is 3.85. The van der Waals surface area contributed by atoms with Gasteiger partial charge in [-0.2, -0.15) is 0 Å². The van der Waals surface area contributed by atoms with Gasteiger partial charge in [-0.3, -0.25) is 14.9 Å². The molecule has 0 unspecified atom stereocenters. The van der Waals surface area contributed by atoms with Crippen LogP contribution in [0, 0.1) is 5.41 Å². The van der Waals surface area contributed by atoms with Crippen LogP contribution in [0.25, 0.3) is 11.0 Å². The molecular weight excluding hydrogens is 362 g/mol. The number of nitrogens with zero attached hydrogens (tertiary/aromatic N) is 3. The summed E-state index contributed by atoms with van der Waals surface area (Å²) in [7, 11) is 0. The second-order valence-electron chi connectivity index (χ2n) is 7.39. The molecule has 0 fully saturated rings. The van der Waals surface area contributed by atoms with Gasteiger partial charge in [0.05, 0.1) is 28.0 Å². The summed E-state index contributed by atoms with van der Waals surface area (Å²) in [6.45, 7) is 4.08. The number of aromatic amines is 1. The standard InChI is InChI=1S/C19H19N5O2S/c1-19(2)7-14-11(15(25)8-19)9-20-17(21-14)24-16(26)10-27-18-22-12-5-3-4-6-13(12)23-18/h3-6,9H,7-8,10H2,1-2H3,(H,22,23)(H,20,21,24,26). The van der Waals surface area contributed by atoms with Crippen LogP contribution in [0.4, 0.5) is 5.95 Å². The Hall–Kier alpha value is -2.74. The number of imidazole rings is 1. The topological polar surface area (TPSA) is 101 Å². The molecule has 27 heavy (non-hydrogen) atoms. The maximum absolute atomic E-state index is 12.2. The van der Waals surface area contributed by atoms with Gasteiger partial charge in [-0.1, -0.05) is 37.7 Å². The normalized spacial score (nSPS) is 15.6. The quantitative estimate of drug-likeness (QED) is 0.673. The summed E-state index contributed by atoms with van der Waals surface area (Å²) >= 11 is 1.31. The highest BCUT2D eigenvalue weighted by molar-refractivity contribution is 7.99. The van der Waals surface area contributed by atoms with E-state index in [1.54, 1.807) is 0 Å². The van der Waals surface area contributed by atoms with E-state index in [4.69, 9.17) is 0 Å². The number of fused-ring (bicyclic) bond motifs is 2. The van der Waals surface area contributed by atoms with Crippen molar-refractivity contribution in [1.29, 1.82) is 0 Å². The van der Waals surface area contributed by atoms with Gasteiger partial charge in [-0.05, 0) is 24.0 Å². The summed E-state index contributed by atoms with van der Waals surface area (Å²) in [6.07, 6.45) is 2.69. The lowest BCUT2D eigenvalue weighted by atomic mass is 9.76. The summed E-state index contributed by atoms with van der Waals surface area (Å²) in [6, 6.07) is 7.71. The van der Waals surface area contributed by atoms with E-state index in [9.17, 15) is 9.59 Å². The zero-order valence-electron chi connectivity index (χ0n) is 15.1. The Morgan fingerprint density at radius 1 is 1.26 bits per heavy atom. The van der Waals surface area contributed by atoms with Crippen LogP contribution >= 0.6 is 11.8 Å². The molecule has 0 aliphatic heterocycles. The van der Waals surface area contributed by atoms with E-state index in [1.165, 1.54) is 18.0 Å². The molecule has 2 aromatic heterocycles. The Morgan fingerprint density at radius 3 is 2.89 bits per heavy atom. The first kappa shape index (κ1) is 17.7. The zero-order chi connectivity index (χ0) is 19.0. The minimum atomic E-state index is -0.221. The first-order valence-corrected chi connectivity index (χ1v) is 9.65. The number of thioether (sulfide) groups is 1. The molecule has 1 aliphatic carbocycles. The van der Waals surface area contributed by atoms with Crippen LogP contribution < -0.4 is 5.32 Å². The van der Waals surface area contributed by atoms with Crippen molar-refractivity contribution in [3.8, 4) is 0 Å². The minimum absolute atomic E-state index is 0.0552. The second-order valence-corrected chi connectivity index (χ2v) is 8.35. The number of aromatic nitrogens is 4. The van der Waals surface area contributed by atoms with Crippen LogP contribution in [0.15, 0.2) is 35.6 Å². The highest BCUT2D eigenvalue weighted by atomic mass is 32.2. The van der Waals surface area contributed by atoms with Crippen molar-refractivity contribution in [2.45, 2.75) is 31.8 Å². The van der Waals surface area contributed by atoms with E-state index in [1.807, 2.05) is 38.1 Å². The van der Waals surface area contributed by atoms with Gasteiger partial charge in [0, 0.05) is 12.6 Å². The molecule has 8 heteroatoms. The summed E-state index contributed by atoms with van der Waals surface area (Å²) < 4.78 is 0. The molecule has 2 heterocycles. The number of nitrogens with one attached hydrogen (secondary N) is 2. The molecule has 0 bridgehead atoms. The smallest absolute Gasteiger partial charge is 0.237 e. The van der Waals surface area contributed by atoms with Gasteiger partial charge in [-0.25, -0.2) is 15.0 Å². The molecule has 4 rings (SSSR count). The van der Waals surface area contributed by atoms with Crippen molar-refractivity contribution < 1.29 is 9.59 Å². The highest BCUT2D eigenvalue weighted by Gasteiger charge is 2.32. The number of hydrogen-bond acceptors (Lipinski definition) is 6. The lowest BCUT2D eigenvalue weighted by molar-refractivity contribution is -0.113. The van der Waals surface area contributed by atoms with Gasteiger partial charge < -0.3 is 4.98 Å². The Bertz CT molecular complexity index is 1010. The van der Waals surface area contributed by atoms with Gasteiger partial charge in [0.1, 0.15) is 0 Å². The van der Waals surface area contributed by atoms with Crippen molar-refractivity contribution in [3.63, 3.8) is 0 Å². The van der Waals surface area contributed by atoms with E-state index in [0.717, 1.165) is 11.0 Å². The van der Waals surface area contributed by atoms with Crippen LogP contribution in [0.1, 0.15) is 36.3 Å². The number of carbonyl (C=O) groups excluding carboxylic acids is 2. The number of para-hydroxylation sites is 2.